The number of aliphatic hydroxyl groups excluding tert-OH is 3. The highest BCUT2D eigenvalue weighted by Crippen LogP contribution is 2.55. The zero-order valence-electron chi connectivity index (χ0n) is 25.4. The molecule has 2 unspecified atom stereocenters. The van der Waals surface area contributed by atoms with E-state index in [2.05, 4.69) is 46.0 Å². The maximum atomic E-state index is 13.4. The van der Waals surface area contributed by atoms with Crippen LogP contribution in [0.3, 0.4) is 0 Å². The van der Waals surface area contributed by atoms with Crippen molar-refractivity contribution in [2.24, 2.45) is 5.92 Å². The molecule has 0 bridgehead atoms. The molecular formula is C34H43FN2O7S. The van der Waals surface area contributed by atoms with Gasteiger partial charge in [-0.3, -0.25) is 0 Å². The maximum absolute atomic E-state index is 13.4. The van der Waals surface area contributed by atoms with Gasteiger partial charge in [0, 0.05) is 18.2 Å². The fourth-order valence-electron chi connectivity index (χ4n) is 6.29. The zero-order valence-corrected chi connectivity index (χ0v) is 26.2. The number of hydrogen-bond acceptors (Lipinski definition) is 8. The molecule has 0 saturated carbocycles. The van der Waals surface area contributed by atoms with Gasteiger partial charge in [-0.1, -0.05) is 48.5 Å². The minimum Gasteiger partial charge on any atom is -0.393 e. The molecule has 45 heavy (non-hydrogen) atoms. The monoisotopic (exact) mass is 642 g/mol. The first kappa shape index (κ1) is 33.5. The third-order valence-corrected chi connectivity index (χ3v) is 9.69. The normalized spacial score (nSPS) is 22.0. The van der Waals surface area contributed by atoms with Gasteiger partial charge in [0.05, 0.1) is 31.6 Å². The van der Waals surface area contributed by atoms with E-state index < -0.39 is 34.9 Å². The molecule has 5 N–H and O–H groups in total. The molecule has 5 rings (SSSR count). The second-order valence-electron chi connectivity index (χ2n) is 12.4. The largest absolute Gasteiger partial charge is 0.393 e. The van der Waals surface area contributed by atoms with Crippen molar-refractivity contribution in [1.29, 1.82) is 0 Å². The lowest BCUT2D eigenvalue weighted by atomic mass is 9.86. The number of sulfonamides is 1. The highest BCUT2D eigenvalue weighted by atomic mass is 32.2. The molecule has 5 atom stereocenters. The summed E-state index contributed by atoms with van der Waals surface area (Å²) in [6, 6.07) is 22.3. The Balaban J connectivity index is 1.33. The Morgan fingerprint density at radius 1 is 0.956 bits per heavy atom. The van der Waals surface area contributed by atoms with Crippen molar-refractivity contribution in [3.8, 4) is 0 Å². The lowest BCUT2D eigenvalue weighted by molar-refractivity contribution is -0.0599. The molecule has 2 aliphatic heterocycles. The lowest BCUT2D eigenvalue weighted by Crippen LogP contribution is -2.37. The van der Waals surface area contributed by atoms with E-state index in [0.29, 0.717) is 37.8 Å². The van der Waals surface area contributed by atoms with Gasteiger partial charge in [0.1, 0.15) is 17.5 Å². The number of rotatable bonds is 16. The van der Waals surface area contributed by atoms with E-state index >= 15 is 0 Å². The molecule has 244 valence electrons. The van der Waals surface area contributed by atoms with E-state index in [9.17, 15) is 33.2 Å². The molecule has 0 spiro atoms. The van der Waals surface area contributed by atoms with Crippen molar-refractivity contribution in [2.75, 3.05) is 30.9 Å². The average molecular weight is 643 g/mol. The van der Waals surface area contributed by atoms with Crippen LogP contribution in [0.4, 0.5) is 10.1 Å². The summed E-state index contributed by atoms with van der Waals surface area (Å²) in [5.41, 5.74) is 3.33. The van der Waals surface area contributed by atoms with Crippen LogP contribution in [0.25, 0.3) is 0 Å². The number of benzene rings is 3. The highest BCUT2D eigenvalue weighted by Gasteiger charge is 2.60. The summed E-state index contributed by atoms with van der Waals surface area (Å²) < 4.78 is 44.8. The van der Waals surface area contributed by atoms with E-state index in [1.807, 2.05) is 12.1 Å². The fourth-order valence-corrected chi connectivity index (χ4v) is 6.80. The first-order valence-corrected chi connectivity index (χ1v) is 17.3. The van der Waals surface area contributed by atoms with Gasteiger partial charge in [-0.15, -0.1) is 0 Å². The number of aliphatic hydroxyl groups is 4. The molecule has 2 heterocycles. The summed E-state index contributed by atoms with van der Waals surface area (Å²) in [5.74, 6) is -0.254. The van der Waals surface area contributed by atoms with Gasteiger partial charge in [0.2, 0.25) is 10.0 Å². The number of ether oxygens (including phenoxy) is 1. The molecule has 0 aliphatic carbocycles. The summed E-state index contributed by atoms with van der Waals surface area (Å²) in [4.78, 5) is 2.29. The predicted octanol–water partition coefficient (Wildman–Crippen LogP) is 3.37. The van der Waals surface area contributed by atoms with Crippen LogP contribution in [0.2, 0.25) is 0 Å². The predicted molar refractivity (Wildman–Crippen MR) is 169 cm³/mol. The number of nitrogens with zero attached hydrogens (tertiary/aromatic N) is 1. The van der Waals surface area contributed by atoms with Gasteiger partial charge >= 0.3 is 0 Å². The minimum atomic E-state index is -3.21. The van der Waals surface area contributed by atoms with Crippen LogP contribution in [0.1, 0.15) is 60.1 Å². The number of nitrogens with one attached hydrogen (secondary N) is 1. The maximum Gasteiger partial charge on any atom is 0.208 e. The van der Waals surface area contributed by atoms with Crippen LogP contribution in [0.5, 0.6) is 0 Å². The van der Waals surface area contributed by atoms with E-state index in [4.69, 9.17) is 4.74 Å². The molecule has 2 aliphatic rings. The first-order valence-electron chi connectivity index (χ1n) is 15.4. The third-order valence-electron chi connectivity index (χ3n) is 8.96. The molecule has 3 aromatic carbocycles. The molecule has 0 amide bonds. The van der Waals surface area contributed by atoms with Crippen LogP contribution in [0, 0.1) is 11.7 Å². The fraction of sp³-hybridized carbons (Fsp3) is 0.471. The van der Waals surface area contributed by atoms with Crippen molar-refractivity contribution in [1.82, 2.24) is 4.72 Å². The van der Waals surface area contributed by atoms with Crippen LogP contribution < -0.4 is 9.62 Å². The summed E-state index contributed by atoms with van der Waals surface area (Å²) in [6.07, 6.45) is 3.65. The second-order valence-corrected chi connectivity index (χ2v) is 14.2. The molecule has 0 aromatic heterocycles. The van der Waals surface area contributed by atoms with Crippen molar-refractivity contribution in [2.45, 2.75) is 68.6 Å². The van der Waals surface area contributed by atoms with Gasteiger partial charge < -0.3 is 30.1 Å². The van der Waals surface area contributed by atoms with Crippen molar-refractivity contribution >= 4 is 15.7 Å². The number of aryl methyl sites for hydroxylation is 2. The standard InChI is InChI=1S/C34H43FN2O7S/c1-45(42,43)36-20-2-3-23-6-14-28(15-7-23)37-31(26-8-4-24(5-9-26)18-19-34(41,21-38)22-39)29(32-33(37)44-32)16-17-30(40)25-10-12-27(35)13-11-25/h4-15,29-33,36,38-41H,2-3,16-22H2,1H3/t29-,30+,31-,32?,33?/m1/s1. The van der Waals surface area contributed by atoms with Crippen LogP contribution in [-0.2, 0) is 27.6 Å². The minimum absolute atomic E-state index is 0.000881. The van der Waals surface area contributed by atoms with Gasteiger partial charge in [-0.2, -0.15) is 0 Å². The summed E-state index contributed by atoms with van der Waals surface area (Å²) in [7, 11) is -3.21. The lowest BCUT2D eigenvalue weighted by Gasteiger charge is -2.34. The average Bonchev–Trinajstić information content (AvgIpc) is 3.75. The Morgan fingerprint density at radius 2 is 1.58 bits per heavy atom. The molecule has 3 aromatic rings. The number of anilines is 1. The van der Waals surface area contributed by atoms with Gasteiger partial charge in [-0.25, -0.2) is 17.5 Å². The van der Waals surface area contributed by atoms with Gasteiger partial charge in [0.15, 0.2) is 6.23 Å². The number of fused-ring (bicyclic) bond motifs is 1. The van der Waals surface area contributed by atoms with Gasteiger partial charge in [-0.05, 0) is 85.0 Å². The third kappa shape index (κ3) is 8.48. The number of hydrogen-bond donors (Lipinski definition) is 5. The molecule has 2 saturated heterocycles. The smallest absolute Gasteiger partial charge is 0.208 e. The second kappa shape index (κ2) is 14.3. The molecule has 11 heteroatoms. The zero-order chi connectivity index (χ0) is 32.2. The first-order chi connectivity index (χ1) is 21.5. The summed E-state index contributed by atoms with van der Waals surface area (Å²) in [6.45, 7) is -0.639. The van der Waals surface area contributed by atoms with Crippen molar-refractivity contribution in [3.63, 3.8) is 0 Å². The van der Waals surface area contributed by atoms with E-state index in [1.54, 1.807) is 12.1 Å². The van der Waals surface area contributed by atoms with Crippen LogP contribution >= 0.6 is 0 Å². The number of halogens is 1. The molecular weight excluding hydrogens is 599 g/mol. The van der Waals surface area contributed by atoms with Crippen molar-refractivity contribution < 1.29 is 38.0 Å². The van der Waals surface area contributed by atoms with E-state index in [1.165, 1.54) is 12.1 Å². The Kier molecular flexibility index (Phi) is 10.6. The van der Waals surface area contributed by atoms with Crippen molar-refractivity contribution in [3.05, 3.63) is 101 Å². The van der Waals surface area contributed by atoms with Crippen LogP contribution in [0.15, 0.2) is 72.8 Å². The molecule has 2 fully saturated rings. The van der Waals surface area contributed by atoms with E-state index in [-0.39, 0.29) is 36.5 Å². The SMILES string of the molecule is CS(=O)(=O)NCCCc1ccc(N2C3OC3[C@H](CC[C@H](O)c3ccc(F)cc3)[C@H]2c2ccc(CCC(O)(CO)CO)cc2)cc1. The topological polar surface area (TPSA) is 143 Å². The Labute approximate surface area is 264 Å². The van der Waals surface area contributed by atoms with Crippen LogP contribution in [-0.4, -0.2) is 72.8 Å². The molecule has 0 radical (unpaired) electrons. The summed E-state index contributed by atoms with van der Waals surface area (Å²) >= 11 is 0. The Morgan fingerprint density at radius 3 is 2.20 bits per heavy atom. The molecule has 9 nitrogen and oxygen atoms in total. The highest BCUT2D eigenvalue weighted by molar-refractivity contribution is 7.88. The Bertz CT molecular complexity index is 1500. The van der Waals surface area contributed by atoms with E-state index in [0.717, 1.165) is 35.1 Å². The quantitative estimate of drug-likeness (QED) is 0.118. The number of epoxide rings is 1. The van der Waals surface area contributed by atoms with Gasteiger partial charge in [0.25, 0.3) is 0 Å². The summed E-state index contributed by atoms with van der Waals surface area (Å²) in [5, 5.41) is 40.0. The Hall–Kier alpha value is -2.90.